The van der Waals surface area contributed by atoms with Crippen molar-refractivity contribution in [3.63, 3.8) is 0 Å². The highest BCUT2D eigenvalue weighted by Crippen LogP contribution is 2.19. The predicted molar refractivity (Wildman–Crippen MR) is 75.1 cm³/mol. The lowest BCUT2D eigenvalue weighted by Gasteiger charge is -2.34. The van der Waals surface area contributed by atoms with Gasteiger partial charge in [0.2, 0.25) is 0 Å². The van der Waals surface area contributed by atoms with Crippen LogP contribution in [-0.2, 0) is 0 Å². The number of aromatic amines is 2. The lowest BCUT2D eigenvalue weighted by Crippen LogP contribution is -2.53. The van der Waals surface area contributed by atoms with E-state index in [0.29, 0.717) is 0 Å². The van der Waals surface area contributed by atoms with E-state index in [9.17, 15) is 4.79 Å². The number of piperazine rings is 1. The topological polar surface area (TPSA) is 89.9 Å². The Hall–Kier alpha value is -1.63. The van der Waals surface area contributed by atoms with Crippen LogP contribution in [0.25, 0.3) is 11.0 Å². The molecule has 19 heavy (non-hydrogen) atoms. The molecule has 1 aliphatic rings. The molecular weight excluding hydrogens is 242 g/mol. The highest BCUT2D eigenvalue weighted by molar-refractivity contribution is 5.75. The molecule has 1 aromatic heterocycles. The van der Waals surface area contributed by atoms with Crippen LogP contribution in [0.1, 0.15) is 11.6 Å². The fraction of sp³-hybridized carbons (Fsp3) is 0.462. The number of nitrogens with two attached hydrogens (primary N) is 1. The highest BCUT2D eigenvalue weighted by Gasteiger charge is 2.24. The first-order chi connectivity index (χ1) is 9.13. The molecule has 0 aliphatic carbocycles. The monoisotopic (exact) mass is 261 g/mol. The summed E-state index contributed by atoms with van der Waals surface area (Å²) in [6.45, 7) is 2.94. The van der Waals surface area contributed by atoms with Crippen LogP contribution >= 0.6 is 0 Å². The molecule has 0 amide bonds. The van der Waals surface area contributed by atoms with Gasteiger partial charge in [-0.25, -0.2) is 4.79 Å². The number of hydrogen-bond donors (Lipinski definition) is 4. The summed E-state index contributed by atoms with van der Waals surface area (Å²) in [5.41, 5.74) is 8.81. The van der Waals surface area contributed by atoms with Gasteiger partial charge in [0.25, 0.3) is 0 Å². The van der Waals surface area contributed by atoms with Crippen molar-refractivity contribution in [2.24, 2.45) is 5.73 Å². The van der Waals surface area contributed by atoms with E-state index >= 15 is 0 Å². The van der Waals surface area contributed by atoms with Crippen LogP contribution in [0.4, 0.5) is 0 Å². The van der Waals surface area contributed by atoms with Crippen LogP contribution in [0, 0.1) is 0 Å². The quantitative estimate of drug-likeness (QED) is 0.600. The van der Waals surface area contributed by atoms with Gasteiger partial charge in [-0.3, -0.25) is 0 Å². The van der Waals surface area contributed by atoms with Gasteiger partial charge in [-0.1, -0.05) is 6.07 Å². The third kappa shape index (κ3) is 2.42. The average Bonchev–Trinajstić information content (AvgIpc) is 2.76. The van der Waals surface area contributed by atoms with Gasteiger partial charge in [0.05, 0.1) is 11.0 Å². The zero-order valence-electron chi connectivity index (χ0n) is 10.9. The zero-order chi connectivity index (χ0) is 13.4. The molecule has 1 aromatic carbocycles. The zero-order valence-corrected chi connectivity index (χ0v) is 10.9. The van der Waals surface area contributed by atoms with E-state index < -0.39 is 0 Å². The summed E-state index contributed by atoms with van der Waals surface area (Å²) >= 11 is 0. The molecule has 3 rings (SSSR count). The number of aromatic nitrogens is 2. The second kappa shape index (κ2) is 4.80. The van der Waals surface area contributed by atoms with Gasteiger partial charge in [-0.2, -0.15) is 0 Å². The van der Waals surface area contributed by atoms with Gasteiger partial charge in [0, 0.05) is 31.7 Å². The number of nitrogens with one attached hydrogen (secondary N) is 3. The van der Waals surface area contributed by atoms with Crippen LogP contribution in [0.5, 0.6) is 0 Å². The Morgan fingerprint density at radius 2 is 2.16 bits per heavy atom. The Balaban J connectivity index is 1.87. The molecule has 0 saturated carbocycles. The van der Waals surface area contributed by atoms with Crippen LogP contribution in [0.2, 0.25) is 0 Å². The molecule has 1 fully saturated rings. The number of nitrogens with zero attached hydrogens (tertiary/aromatic N) is 1. The van der Waals surface area contributed by atoms with Crippen molar-refractivity contribution < 1.29 is 0 Å². The van der Waals surface area contributed by atoms with E-state index in [4.69, 9.17) is 5.73 Å². The predicted octanol–water partition coefficient (Wildman–Crippen LogP) is -0.240. The van der Waals surface area contributed by atoms with E-state index in [0.717, 1.165) is 36.2 Å². The molecule has 2 unspecified atom stereocenters. The molecule has 1 saturated heterocycles. The molecule has 5 N–H and O–H groups in total. The minimum Gasteiger partial charge on any atom is -0.323 e. The fourth-order valence-electron chi connectivity index (χ4n) is 2.66. The van der Waals surface area contributed by atoms with Gasteiger partial charge in [0.15, 0.2) is 0 Å². The minimum atomic E-state index is -0.184. The first-order valence-corrected chi connectivity index (χ1v) is 6.53. The number of imidazole rings is 1. The van der Waals surface area contributed by atoms with Crippen molar-refractivity contribution in [3.05, 3.63) is 34.2 Å². The molecule has 2 heterocycles. The lowest BCUT2D eigenvalue weighted by molar-refractivity contribution is 0.220. The van der Waals surface area contributed by atoms with Crippen molar-refractivity contribution in [3.8, 4) is 0 Å². The van der Waals surface area contributed by atoms with Gasteiger partial charge in [-0.15, -0.1) is 0 Å². The largest absolute Gasteiger partial charge is 0.323 e. The maximum Gasteiger partial charge on any atom is 0.323 e. The van der Waals surface area contributed by atoms with Gasteiger partial charge in [-0.05, 0) is 24.7 Å². The molecule has 0 spiro atoms. The normalized spacial score (nSPS) is 22.7. The molecule has 102 valence electrons. The Morgan fingerprint density at radius 1 is 1.37 bits per heavy atom. The lowest BCUT2D eigenvalue weighted by atomic mass is 9.98. The standard InChI is InChI=1S/C13H19N5O/c1-18-5-4-15-11(7-18)12(14)8-2-3-9-10(6-8)17-13(19)16-9/h2-3,6,11-12,15H,4-5,7,14H2,1H3,(H2,16,17,19). The first kappa shape index (κ1) is 12.4. The number of rotatable bonds is 2. The van der Waals surface area contributed by atoms with Crippen molar-refractivity contribution in [2.75, 3.05) is 26.7 Å². The van der Waals surface area contributed by atoms with E-state index in [1.165, 1.54) is 0 Å². The third-order valence-electron chi connectivity index (χ3n) is 3.77. The number of H-pyrrole nitrogens is 2. The van der Waals surface area contributed by atoms with Crippen molar-refractivity contribution in [2.45, 2.75) is 12.1 Å². The van der Waals surface area contributed by atoms with Crippen LogP contribution in [-0.4, -0.2) is 47.6 Å². The van der Waals surface area contributed by atoms with Crippen LogP contribution in [0.3, 0.4) is 0 Å². The van der Waals surface area contributed by atoms with Gasteiger partial charge >= 0.3 is 5.69 Å². The maximum atomic E-state index is 11.3. The molecule has 0 radical (unpaired) electrons. The van der Waals surface area contributed by atoms with Crippen molar-refractivity contribution in [1.82, 2.24) is 20.2 Å². The van der Waals surface area contributed by atoms with Gasteiger partial charge in [0.1, 0.15) is 0 Å². The summed E-state index contributed by atoms with van der Waals surface area (Å²) in [7, 11) is 2.10. The minimum absolute atomic E-state index is 0.0782. The van der Waals surface area contributed by atoms with E-state index in [1.807, 2.05) is 18.2 Å². The number of benzene rings is 1. The summed E-state index contributed by atoms with van der Waals surface area (Å²) in [5.74, 6) is 0. The Morgan fingerprint density at radius 3 is 2.95 bits per heavy atom. The summed E-state index contributed by atoms with van der Waals surface area (Å²) in [6.07, 6.45) is 0. The van der Waals surface area contributed by atoms with Crippen molar-refractivity contribution >= 4 is 11.0 Å². The highest BCUT2D eigenvalue weighted by atomic mass is 16.1. The number of likely N-dealkylation sites (N-methyl/N-ethyl adjacent to an activating group) is 1. The molecule has 0 bridgehead atoms. The summed E-state index contributed by atoms with van der Waals surface area (Å²) < 4.78 is 0. The fourth-order valence-corrected chi connectivity index (χ4v) is 2.66. The second-order valence-corrected chi connectivity index (χ2v) is 5.23. The maximum absolute atomic E-state index is 11.3. The smallest absolute Gasteiger partial charge is 0.323 e. The second-order valence-electron chi connectivity index (χ2n) is 5.23. The summed E-state index contributed by atoms with van der Waals surface area (Å²) in [4.78, 5) is 19.0. The Labute approximate surface area is 111 Å². The third-order valence-corrected chi connectivity index (χ3v) is 3.77. The number of fused-ring (bicyclic) bond motifs is 1. The number of hydrogen-bond acceptors (Lipinski definition) is 4. The van der Waals surface area contributed by atoms with E-state index in [2.05, 4.69) is 27.2 Å². The molecule has 6 heteroatoms. The molecule has 2 atom stereocenters. The summed E-state index contributed by atoms with van der Waals surface area (Å²) in [6, 6.07) is 5.99. The Kier molecular flexibility index (Phi) is 3.14. The average molecular weight is 261 g/mol. The van der Waals surface area contributed by atoms with Gasteiger partial charge < -0.3 is 25.9 Å². The summed E-state index contributed by atoms with van der Waals surface area (Å²) in [5, 5.41) is 3.45. The van der Waals surface area contributed by atoms with Crippen LogP contribution in [0.15, 0.2) is 23.0 Å². The van der Waals surface area contributed by atoms with Crippen LogP contribution < -0.4 is 16.7 Å². The SMILES string of the molecule is CN1CCNC(C(N)c2ccc3[nH]c(=O)[nH]c3c2)C1. The molecule has 2 aromatic rings. The van der Waals surface area contributed by atoms with E-state index in [-0.39, 0.29) is 17.8 Å². The molecular formula is C13H19N5O. The molecule has 6 nitrogen and oxygen atoms in total. The van der Waals surface area contributed by atoms with E-state index in [1.54, 1.807) is 0 Å². The molecule has 1 aliphatic heterocycles. The Bertz CT molecular complexity index is 631. The van der Waals surface area contributed by atoms with Crippen molar-refractivity contribution in [1.29, 1.82) is 0 Å². The first-order valence-electron chi connectivity index (χ1n) is 6.53.